The summed E-state index contributed by atoms with van der Waals surface area (Å²) in [6.45, 7) is 8.29. The Morgan fingerprint density at radius 1 is 1.50 bits per heavy atom. The van der Waals surface area contributed by atoms with E-state index in [1.165, 1.54) is 25.7 Å². The SMILES string of the molecule is C=CCC[C@]1(/C=C/C(=O)OCC)C[C@@H]1CCCC. The standard InChI is InChI=1S/C16H26O2/c1-4-7-9-14-13-16(14,11-8-5-2)12-10-15(17)18-6-3/h5,10,12,14H,2,4,6-9,11,13H2,1,3H3/b12-10+/t14-,16-/m0/s1. The van der Waals surface area contributed by atoms with Crippen LogP contribution in [0.15, 0.2) is 24.8 Å². The molecule has 0 saturated heterocycles. The van der Waals surface area contributed by atoms with E-state index < -0.39 is 0 Å². The van der Waals surface area contributed by atoms with Crippen molar-refractivity contribution in [2.75, 3.05) is 6.61 Å². The van der Waals surface area contributed by atoms with E-state index >= 15 is 0 Å². The second-order valence-corrected chi connectivity index (χ2v) is 5.19. The summed E-state index contributed by atoms with van der Waals surface area (Å²) in [6, 6.07) is 0. The fourth-order valence-electron chi connectivity index (χ4n) is 2.63. The summed E-state index contributed by atoms with van der Waals surface area (Å²) in [5, 5.41) is 0. The molecule has 102 valence electrons. The highest BCUT2D eigenvalue weighted by atomic mass is 16.5. The quantitative estimate of drug-likeness (QED) is 0.347. The van der Waals surface area contributed by atoms with E-state index in [0.717, 1.165) is 18.8 Å². The Labute approximate surface area is 111 Å². The molecule has 0 aromatic carbocycles. The molecule has 0 bridgehead atoms. The first kappa shape index (κ1) is 15.0. The van der Waals surface area contributed by atoms with Crippen molar-refractivity contribution in [3.63, 3.8) is 0 Å². The predicted octanol–water partition coefficient (Wildman–Crippen LogP) is 4.27. The Hall–Kier alpha value is -1.05. The number of hydrogen-bond acceptors (Lipinski definition) is 2. The molecule has 0 aromatic rings. The molecule has 0 unspecified atom stereocenters. The Balaban J connectivity index is 2.52. The highest BCUT2D eigenvalue weighted by Crippen LogP contribution is 2.59. The molecule has 1 aliphatic rings. The van der Waals surface area contributed by atoms with Crippen LogP contribution in [0.25, 0.3) is 0 Å². The number of carbonyl (C=O) groups excluding carboxylic acids is 1. The van der Waals surface area contributed by atoms with Crippen LogP contribution < -0.4 is 0 Å². The Morgan fingerprint density at radius 2 is 2.28 bits per heavy atom. The Morgan fingerprint density at radius 3 is 2.89 bits per heavy atom. The van der Waals surface area contributed by atoms with Crippen LogP contribution in [0.1, 0.15) is 52.4 Å². The average molecular weight is 250 g/mol. The van der Waals surface area contributed by atoms with Crippen LogP contribution in [0.3, 0.4) is 0 Å². The van der Waals surface area contributed by atoms with E-state index in [4.69, 9.17) is 4.74 Å². The number of carbonyl (C=O) groups is 1. The summed E-state index contributed by atoms with van der Waals surface area (Å²) in [7, 11) is 0. The van der Waals surface area contributed by atoms with Gasteiger partial charge in [0.2, 0.25) is 0 Å². The van der Waals surface area contributed by atoms with Crippen molar-refractivity contribution in [1.82, 2.24) is 0 Å². The van der Waals surface area contributed by atoms with Gasteiger partial charge in [-0.3, -0.25) is 0 Å². The first-order chi connectivity index (χ1) is 8.68. The topological polar surface area (TPSA) is 26.3 Å². The van der Waals surface area contributed by atoms with Crippen LogP contribution in [-0.4, -0.2) is 12.6 Å². The van der Waals surface area contributed by atoms with E-state index in [9.17, 15) is 4.79 Å². The number of esters is 1. The monoisotopic (exact) mass is 250 g/mol. The first-order valence-electron chi connectivity index (χ1n) is 7.15. The summed E-state index contributed by atoms with van der Waals surface area (Å²) in [4.78, 5) is 11.4. The van der Waals surface area contributed by atoms with Gasteiger partial charge in [-0.15, -0.1) is 6.58 Å². The third-order valence-corrected chi connectivity index (χ3v) is 3.84. The minimum atomic E-state index is -0.211. The molecule has 0 radical (unpaired) electrons. The summed E-state index contributed by atoms with van der Waals surface area (Å²) in [5.74, 6) is 0.541. The van der Waals surface area contributed by atoms with Crippen LogP contribution in [-0.2, 0) is 9.53 Å². The molecular formula is C16H26O2. The van der Waals surface area contributed by atoms with Crippen LogP contribution >= 0.6 is 0 Å². The maximum absolute atomic E-state index is 11.4. The molecule has 1 saturated carbocycles. The van der Waals surface area contributed by atoms with Gasteiger partial charge in [-0.1, -0.05) is 31.9 Å². The molecule has 18 heavy (non-hydrogen) atoms. The van der Waals surface area contributed by atoms with Gasteiger partial charge in [-0.2, -0.15) is 0 Å². The minimum absolute atomic E-state index is 0.211. The van der Waals surface area contributed by atoms with E-state index in [-0.39, 0.29) is 11.4 Å². The molecule has 2 nitrogen and oxygen atoms in total. The third kappa shape index (κ3) is 4.32. The van der Waals surface area contributed by atoms with Gasteiger partial charge in [-0.05, 0) is 43.9 Å². The van der Waals surface area contributed by atoms with E-state index in [0.29, 0.717) is 6.61 Å². The molecule has 0 heterocycles. The first-order valence-corrected chi connectivity index (χ1v) is 7.15. The average Bonchev–Trinajstić information content (AvgIpc) is 3.06. The third-order valence-electron chi connectivity index (χ3n) is 3.84. The van der Waals surface area contributed by atoms with Crippen molar-refractivity contribution in [2.45, 2.75) is 52.4 Å². The lowest BCUT2D eigenvalue weighted by Crippen LogP contribution is -2.04. The predicted molar refractivity (Wildman–Crippen MR) is 75.3 cm³/mol. The van der Waals surface area contributed by atoms with Crippen LogP contribution in [0.5, 0.6) is 0 Å². The molecular weight excluding hydrogens is 224 g/mol. The van der Waals surface area contributed by atoms with Crippen LogP contribution in [0, 0.1) is 11.3 Å². The van der Waals surface area contributed by atoms with Gasteiger partial charge in [0, 0.05) is 6.08 Å². The largest absolute Gasteiger partial charge is 0.463 e. The molecule has 1 aliphatic carbocycles. The summed E-state index contributed by atoms with van der Waals surface area (Å²) in [5.41, 5.74) is 0.246. The van der Waals surface area contributed by atoms with Gasteiger partial charge in [0.25, 0.3) is 0 Å². The lowest BCUT2D eigenvalue weighted by molar-refractivity contribution is -0.137. The number of unbranched alkanes of at least 4 members (excludes halogenated alkanes) is 1. The molecule has 0 aliphatic heterocycles. The van der Waals surface area contributed by atoms with Gasteiger partial charge in [0.15, 0.2) is 0 Å². The Kier molecular flexibility index (Phi) is 6.17. The zero-order valence-electron chi connectivity index (χ0n) is 11.8. The molecule has 2 atom stereocenters. The lowest BCUT2D eigenvalue weighted by atomic mass is 9.94. The van der Waals surface area contributed by atoms with Crippen molar-refractivity contribution < 1.29 is 9.53 Å². The molecule has 0 amide bonds. The van der Waals surface area contributed by atoms with E-state index in [1.54, 1.807) is 6.08 Å². The second kappa shape index (κ2) is 7.40. The molecule has 0 spiro atoms. The van der Waals surface area contributed by atoms with E-state index in [1.807, 2.05) is 13.0 Å². The fraction of sp³-hybridized carbons (Fsp3) is 0.688. The summed E-state index contributed by atoms with van der Waals surface area (Å²) < 4.78 is 4.94. The van der Waals surface area contributed by atoms with Crippen molar-refractivity contribution in [1.29, 1.82) is 0 Å². The van der Waals surface area contributed by atoms with Crippen molar-refractivity contribution in [3.8, 4) is 0 Å². The van der Waals surface area contributed by atoms with Gasteiger partial charge in [0.05, 0.1) is 6.61 Å². The maximum atomic E-state index is 11.4. The number of rotatable bonds is 9. The number of allylic oxidation sites excluding steroid dienone is 2. The zero-order valence-corrected chi connectivity index (χ0v) is 11.8. The lowest BCUT2D eigenvalue weighted by Gasteiger charge is -2.11. The van der Waals surface area contributed by atoms with Crippen molar-refractivity contribution in [3.05, 3.63) is 24.8 Å². The fourth-order valence-corrected chi connectivity index (χ4v) is 2.63. The highest BCUT2D eigenvalue weighted by Gasteiger charge is 2.50. The van der Waals surface area contributed by atoms with Gasteiger partial charge in [-0.25, -0.2) is 4.79 Å². The molecule has 1 fully saturated rings. The summed E-state index contributed by atoms with van der Waals surface area (Å²) >= 11 is 0. The smallest absolute Gasteiger partial charge is 0.330 e. The molecule has 0 aromatic heterocycles. The second-order valence-electron chi connectivity index (χ2n) is 5.19. The van der Waals surface area contributed by atoms with Gasteiger partial charge >= 0.3 is 5.97 Å². The zero-order chi connectivity index (χ0) is 13.4. The van der Waals surface area contributed by atoms with Crippen LogP contribution in [0.4, 0.5) is 0 Å². The van der Waals surface area contributed by atoms with Gasteiger partial charge in [0.1, 0.15) is 0 Å². The number of hydrogen-bond donors (Lipinski definition) is 0. The Bertz CT molecular complexity index is 306. The van der Waals surface area contributed by atoms with Crippen molar-refractivity contribution in [2.24, 2.45) is 11.3 Å². The molecule has 1 rings (SSSR count). The maximum Gasteiger partial charge on any atom is 0.330 e. The minimum Gasteiger partial charge on any atom is -0.463 e. The van der Waals surface area contributed by atoms with Gasteiger partial charge < -0.3 is 4.74 Å². The molecule has 2 heteroatoms. The number of ether oxygens (including phenoxy) is 1. The van der Waals surface area contributed by atoms with Crippen molar-refractivity contribution >= 4 is 5.97 Å². The van der Waals surface area contributed by atoms with Crippen LogP contribution in [0.2, 0.25) is 0 Å². The normalized spacial score (nSPS) is 26.2. The molecule has 0 N–H and O–H groups in total. The van der Waals surface area contributed by atoms with E-state index in [2.05, 4.69) is 19.6 Å². The summed E-state index contributed by atoms with van der Waals surface area (Å²) in [6.07, 6.45) is 12.8. The highest BCUT2D eigenvalue weighted by molar-refractivity contribution is 5.82.